The number of fused-ring (bicyclic) bond motifs is 1. The fourth-order valence-corrected chi connectivity index (χ4v) is 3.77. The van der Waals surface area contributed by atoms with Crippen LogP contribution in [0.4, 0.5) is 0 Å². The first-order valence-corrected chi connectivity index (χ1v) is 8.83. The molecule has 0 N–H and O–H groups in total. The summed E-state index contributed by atoms with van der Waals surface area (Å²) in [6, 6.07) is 9.99. The van der Waals surface area contributed by atoms with Gasteiger partial charge in [-0.25, -0.2) is 4.98 Å². The molecule has 4 rings (SSSR count). The highest BCUT2D eigenvalue weighted by molar-refractivity contribution is 5.97. The zero-order chi connectivity index (χ0) is 18.3. The Kier molecular flexibility index (Phi) is 4.11. The summed E-state index contributed by atoms with van der Waals surface area (Å²) in [6.07, 6.45) is 3.64. The Morgan fingerprint density at radius 1 is 1.27 bits per heavy atom. The molecule has 1 fully saturated rings. The highest BCUT2D eigenvalue weighted by atomic mass is 16.5. The Morgan fingerprint density at radius 2 is 2.04 bits per heavy atom. The molecule has 0 spiro atoms. The zero-order valence-corrected chi connectivity index (χ0v) is 15.3. The second-order valence-electron chi connectivity index (χ2n) is 6.73. The van der Waals surface area contributed by atoms with Crippen LogP contribution in [0.15, 0.2) is 36.5 Å². The van der Waals surface area contributed by atoms with E-state index in [2.05, 4.69) is 10.1 Å². The quantitative estimate of drug-likeness (QED) is 0.727. The van der Waals surface area contributed by atoms with Crippen LogP contribution in [0, 0.1) is 6.92 Å². The average Bonchev–Trinajstić information content (AvgIpc) is 3.26. The lowest BCUT2D eigenvalue weighted by Crippen LogP contribution is -2.30. The average molecular weight is 350 g/mol. The minimum atomic E-state index is 0.0287. The van der Waals surface area contributed by atoms with Gasteiger partial charge in [-0.15, -0.1) is 0 Å². The lowest BCUT2D eigenvalue weighted by molar-refractivity contribution is 0.0735. The number of methoxy groups -OCH3 is 1. The Bertz CT molecular complexity index is 962. The first-order valence-electron chi connectivity index (χ1n) is 8.83. The molecule has 6 nitrogen and oxygen atoms in total. The number of aryl methyl sites for hydroxylation is 2. The fourth-order valence-electron chi connectivity index (χ4n) is 3.77. The van der Waals surface area contributed by atoms with Crippen LogP contribution in [0.3, 0.4) is 0 Å². The van der Waals surface area contributed by atoms with E-state index in [1.54, 1.807) is 18.0 Å². The first-order chi connectivity index (χ1) is 12.6. The summed E-state index contributed by atoms with van der Waals surface area (Å²) in [5.74, 6) is 0.854. The Balaban J connectivity index is 1.64. The van der Waals surface area contributed by atoms with Crippen molar-refractivity contribution in [3.8, 4) is 5.75 Å². The van der Waals surface area contributed by atoms with Gasteiger partial charge in [0.15, 0.2) is 5.65 Å². The number of hydrogen-bond donors (Lipinski definition) is 0. The topological polar surface area (TPSA) is 60.2 Å². The zero-order valence-electron chi connectivity index (χ0n) is 15.3. The number of amides is 1. The number of likely N-dealkylation sites (tertiary alicyclic amines) is 1. The van der Waals surface area contributed by atoms with Crippen molar-refractivity contribution >= 4 is 16.9 Å². The van der Waals surface area contributed by atoms with Gasteiger partial charge in [0.1, 0.15) is 5.75 Å². The van der Waals surface area contributed by atoms with E-state index < -0.39 is 0 Å². The smallest absolute Gasteiger partial charge is 0.255 e. The van der Waals surface area contributed by atoms with Crippen LogP contribution in [0.2, 0.25) is 0 Å². The van der Waals surface area contributed by atoms with Gasteiger partial charge < -0.3 is 9.64 Å². The molecule has 1 aliphatic heterocycles. The minimum absolute atomic E-state index is 0.0287. The van der Waals surface area contributed by atoms with E-state index in [1.165, 1.54) is 0 Å². The number of ether oxygens (including phenoxy) is 1. The molecule has 0 bridgehead atoms. The first kappa shape index (κ1) is 16.6. The summed E-state index contributed by atoms with van der Waals surface area (Å²) in [5.41, 5.74) is 3.45. The molecule has 1 unspecified atom stereocenters. The number of carbonyl (C=O) groups is 1. The number of hydrogen-bond acceptors (Lipinski definition) is 4. The van der Waals surface area contributed by atoms with Crippen LogP contribution < -0.4 is 4.74 Å². The summed E-state index contributed by atoms with van der Waals surface area (Å²) >= 11 is 0. The minimum Gasteiger partial charge on any atom is -0.497 e. The molecule has 1 amide bonds. The SMILES string of the molecule is COc1ccc(C2CCCN2C(=O)c2cnc3c(c2)c(C)nn3C)cc1. The number of carbonyl (C=O) groups excluding carboxylic acids is 1. The van der Waals surface area contributed by atoms with Crippen LogP contribution in [-0.4, -0.2) is 39.2 Å². The van der Waals surface area contributed by atoms with Gasteiger partial charge >= 0.3 is 0 Å². The Labute approximate surface area is 152 Å². The van der Waals surface area contributed by atoms with Crippen molar-refractivity contribution in [3.63, 3.8) is 0 Å². The van der Waals surface area contributed by atoms with Crippen LogP contribution in [-0.2, 0) is 7.05 Å². The van der Waals surface area contributed by atoms with Gasteiger partial charge in [-0.3, -0.25) is 9.48 Å². The van der Waals surface area contributed by atoms with E-state index in [1.807, 2.05) is 49.2 Å². The van der Waals surface area contributed by atoms with Crippen molar-refractivity contribution in [2.24, 2.45) is 7.05 Å². The van der Waals surface area contributed by atoms with Crippen molar-refractivity contribution in [1.29, 1.82) is 0 Å². The molecule has 2 aromatic heterocycles. The lowest BCUT2D eigenvalue weighted by atomic mass is 10.0. The van der Waals surface area contributed by atoms with E-state index in [0.717, 1.165) is 47.4 Å². The van der Waals surface area contributed by atoms with Crippen LogP contribution >= 0.6 is 0 Å². The van der Waals surface area contributed by atoms with E-state index in [0.29, 0.717) is 5.56 Å². The van der Waals surface area contributed by atoms with E-state index in [-0.39, 0.29) is 11.9 Å². The highest BCUT2D eigenvalue weighted by Crippen LogP contribution is 2.34. The number of rotatable bonds is 3. The fraction of sp³-hybridized carbons (Fsp3) is 0.350. The summed E-state index contributed by atoms with van der Waals surface area (Å²) < 4.78 is 6.98. The van der Waals surface area contributed by atoms with Crippen molar-refractivity contribution in [2.75, 3.05) is 13.7 Å². The molecule has 3 heterocycles. The molecule has 0 aliphatic carbocycles. The van der Waals surface area contributed by atoms with Crippen molar-refractivity contribution in [3.05, 3.63) is 53.3 Å². The second-order valence-corrected chi connectivity index (χ2v) is 6.73. The molecule has 3 aromatic rings. The number of benzene rings is 1. The van der Waals surface area contributed by atoms with Crippen molar-refractivity contribution in [1.82, 2.24) is 19.7 Å². The predicted molar refractivity (Wildman–Crippen MR) is 99.3 cm³/mol. The number of aromatic nitrogens is 3. The maximum atomic E-state index is 13.1. The van der Waals surface area contributed by atoms with Gasteiger partial charge in [0, 0.05) is 25.2 Å². The monoisotopic (exact) mass is 350 g/mol. The molecule has 134 valence electrons. The molecule has 1 saturated heterocycles. The third-order valence-corrected chi connectivity index (χ3v) is 5.12. The van der Waals surface area contributed by atoms with Gasteiger partial charge in [0.05, 0.1) is 24.4 Å². The Morgan fingerprint density at radius 3 is 2.77 bits per heavy atom. The van der Waals surface area contributed by atoms with Crippen LogP contribution in [0.1, 0.15) is 40.5 Å². The van der Waals surface area contributed by atoms with Crippen LogP contribution in [0.5, 0.6) is 5.75 Å². The van der Waals surface area contributed by atoms with E-state index in [4.69, 9.17) is 4.74 Å². The summed E-state index contributed by atoms with van der Waals surface area (Å²) in [7, 11) is 3.52. The molecule has 1 aliphatic rings. The predicted octanol–water partition coefficient (Wildman–Crippen LogP) is 3.26. The van der Waals surface area contributed by atoms with Crippen molar-refractivity contribution < 1.29 is 9.53 Å². The van der Waals surface area contributed by atoms with Gasteiger partial charge in [0.25, 0.3) is 5.91 Å². The molecule has 0 radical (unpaired) electrons. The highest BCUT2D eigenvalue weighted by Gasteiger charge is 2.31. The van der Waals surface area contributed by atoms with Crippen molar-refractivity contribution in [2.45, 2.75) is 25.8 Å². The molecular weight excluding hydrogens is 328 g/mol. The van der Waals surface area contributed by atoms with E-state index >= 15 is 0 Å². The number of nitrogens with zero attached hydrogens (tertiary/aromatic N) is 4. The van der Waals surface area contributed by atoms with E-state index in [9.17, 15) is 4.79 Å². The van der Waals surface area contributed by atoms with Gasteiger partial charge in [0.2, 0.25) is 0 Å². The maximum absolute atomic E-state index is 13.1. The maximum Gasteiger partial charge on any atom is 0.255 e. The molecule has 1 atom stereocenters. The summed E-state index contributed by atoms with van der Waals surface area (Å²) in [5, 5.41) is 5.31. The standard InChI is InChI=1S/C20H22N4O2/c1-13-17-11-15(12-21-19(17)23(2)22-13)20(25)24-10-4-5-18(24)14-6-8-16(26-3)9-7-14/h6-9,11-12,18H,4-5,10H2,1-3H3. The number of pyridine rings is 1. The largest absolute Gasteiger partial charge is 0.497 e. The molecule has 0 saturated carbocycles. The van der Waals surface area contributed by atoms with Crippen LogP contribution in [0.25, 0.3) is 11.0 Å². The third kappa shape index (κ3) is 2.71. The second kappa shape index (κ2) is 6.44. The van der Waals surface area contributed by atoms with Gasteiger partial charge in [-0.2, -0.15) is 5.10 Å². The molecule has 1 aromatic carbocycles. The molecular formula is C20H22N4O2. The summed E-state index contributed by atoms with van der Waals surface area (Å²) in [4.78, 5) is 19.6. The summed E-state index contributed by atoms with van der Waals surface area (Å²) in [6.45, 7) is 2.70. The third-order valence-electron chi connectivity index (χ3n) is 5.12. The normalized spacial score (nSPS) is 17.0. The molecule has 6 heteroatoms. The molecule has 26 heavy (non-hydrogen) atoms. The van der Waals surface area contributed by atoms with Gasteiger partial charge in [-0.05, 0) is 43.5 Å². The lowest BCUT2D eigenvalue weighted by Gasteiger charge is -2.25. The Hall–Kier alpha value is -2.89. The van der Waals surface area contributed by atoms with Gasteiger partial charge in [-0.1, -0.05) is 12.1 Å².